The summed E-state index contributed by atoms with van der Waals surface area (Å²) >= 11 is 0. The lowest BCUT2D eigenvalue weighted by molar-refractivity contribution is 0.376. The topological polar surface area (TPSA) is 85.1 Å². The van der Waals surface area contributed by atoms with E-state index < -0.39 is 10.0 Å². The number of aromatic nitrogens is 2. The molecule has 24 heavy (non-hydrogen) atoms. The Hall–Kier alpha value is -2.51. The van der Waals surface area contributed by atoms with Crippen molar-refractivity contribution < 1.29 is 12.9 Å². The quantitative estimate of drug-likeness (QED) is 0.770. The van der Waals surface area contributed by atoms with E-state index in [-0.39, 0.29) is 17.3 Å². The van der Waals surface area contributed by atoms with Gasteiger partial charge >= 0.3 is 0 Å². The second kappa shape index (κ2) is 6.54. The Morgan fingerprint density at radius 1 is 1.04 bits per heavy atom. The predicted octanol–water partition coefficient (Wildman–Crippen LogP) is 2.83. The summed E-state index contributed by atoms with van der Waals surface area (Å²) in [6.45, 7) is 3.77. The van der Waals surface area contributed by atoms with Crippen LogP contribution in [-0.4, -0.2) is 18.6 Å². The van der Waals surface area contributed by atoms with Crippen molar-refractivity contribution in [3.05, 3.63) is 65.5 Å². The average molecular weight is 343 g/mol. The van der Waals surface area contributed by atoms with Gasteiger partial charge in [0, 0.05) is 5.56 Å². The van der Waals surface area contributed by atoms with Gasteiger partial charge < -0.3 is 4.52 Å². The van der Waals surface area contributed by atoms with Crippen LogP contribution in [0.3, 0.4) is 0 Å². The average Bonchev–Trinajstić information content (AvgIpc) is 3.03. The molecule has 0 amide bonds. The molecule has 1 N–H and O–H groups in total. The van der Waals surface area contributed by atoms with Crippen LogP contribution in [0.25, 0.3) is 11.4 Å². The summed E-state index contributed by atoms with van der Waals surface area (Å²) in [4.78, 5) is 4.43. The highest BCUT2D eigenvalue weighted by Gasteiger charge is 2.16. The Labute approximate surface area is 140 Å². The molecule has 0 bridgehead atoms. The predicted molar refractivity (Wildman–Crippen MR) is 89.7 cm³/mol. The fourth-order valence-corrected chi connectivity index (χ4v) is 3.25. The molecule has 0 spiro atoms. The maximum absolute atomic E-state index is 12.3. The number of nitrogens with zero attached hydrogens (tertiary/aromatic N) is 2. The van der Waals surface area contributed by atoms with E-state index in [0.29, 0.717) is 5.82 Å². The summed E-state index contributed by atoms with van der Waals surface area (Å²) in [7, 11) is -3.62. The molecular weight excluding hydrogens is 326 g/mol. The van der Waals surface area contributed by atoms with Gasteiger partial charge in [-0.3, -0.25) is 0 Å². The lowest BCUT2D eigenvalue weighted by atomic mass is 10.1. The highest BCUT2D eigenvalue weighted by molar-refractivity contribution is 7.89. The fourth-order valence-electron chi connectivity index (χ4n) is 2.17. The zero-order chi connectivity index (χ0) is 17.2. The number of rotatable bonds is 5. The minimum atomic E-state index is -3.62. The molecule has 0 aliphatic carbocycles. The van der Waals surface area contributed by atoms with Crippen LogP contribution in [0.2, 0.25) is 0 Å². The molecule has 0 saturated heterocycles. The first kappa shape index (κ1) is 16.4. The Balaban J connectivity index is 1.72. The molecular formula is C17H17N3O3S. The van der Waals surface area contributed by atoms with Gasteiger partial charge in [0.25, 0.3) is 0 Å². The van der Waals surface area contributed by atoms with Gasteiger partial charge in [0.05, 0.1) is 11.4 Å². The molecule has 0 unspecified atom stereocenters. The number of sulfonamides is 1. The van der Waals surface area contributed by atoms with Crippen molar-refractivity contribution in [2.45, 2.75) is 25.3 Å². The number of nitrogens with one attached hydrogen (secondary N) is 1. The van der Waals surface area contributed by atoms with Gasteiger partial charge in [-0.25, -0.2) is 13.1 Å². The van der Waals surface area contributed by atoms with E-state index in [2.05, 4.69) is 14.9 Å². The molecule has 3 aromatic rings. The smallest absolute Gasteiger partial charge is 0.242 e. The van der Waals surface area contributed by atoms with Crippen molar-refractivity contribution in [1.82, 2.24) is 14.9 Å². The second-order valence-electron chi connectivity index (χ2n) is 5.52. The van der Waals surface area contributed by atoms with Gasteiger partial charge in [0.1, 0.15) is 0 Å². The Bertz CT molecular complexity index is 947. The minimum absolute atomic E-state index is 0.0604. The normalized spacial score (nSPS) is 11.6. The number of aryl methyl sites for hydroxylation is 2. The third-order valence-corrected chi connectivity index (χ3v) is 4.89. The molecule has 0 radical (unpaired) electrons. The molecule has 0 atom stereocenters. The SMILES string of the molecule is Cc1ccc(-c2noc(CNS(=O)(=O)c3cccc(C)c3)n2)cc1. The largest absolute Gasteiger partial charge is 0.338 e. The highest BCUT2D eigenvalue weighted by atomic mass is 32.2. The van der Waals surface area contributed by atoms with Gasteiger partial charge in [-0.1, -0.05) is 47.1 Å². The van der Waals surface area contributed by atoms with Crippen molar-refractivity contribution in [1.29, 1.82) is 0 Å². The molecule has 124 valence electrons. The zero-order valence-corrected chi connectivity index (χ0v) is 14.2. The van der Waals surface area contributed by atoms with E-state index >= 15 is 0 Å². The van der Waals surface area contributed by atoms with Crippen LogP contribution in [0.4, 0.5) is 0 Å². The lowest BCUT2D eigenvalue weighted by Crippen LogP contribution is -2.23. The first-order valence-corrected chi connectivity index (χ1v) is 8.88. The van der Waals surface area contributed by atoms with Crippen molar-refractivity contribution in [3.63, 3.8) is 0 Å². The van der Waals surface area contributed by atoms with Crippen molar-refractivity contribution >= 4 is 10.0 Å². The highest BCUT2D eigenvalue weighted by Crippen LogP contribution is 2.17. The van der Waals surface area contributed by atoms with E-state index in [4.69, 9.17) is 4.52 Å². The molecule has 0 fully saturated rings. The summed E-state index contributed by atoms with van der Waals surface area (Å²) in [6.07, 6.45) is 0. The van der Waals surface area contributed by atoms with Gasteiger partial charge in [0.15, 0.2) is 0 Å². The summed E-state index contributed by atoms with van der Waals surface area (Å²) in [5.41, 5.74) is 2.82. The maximum atomic E-state index is 12.3. The molecule has 3 rings (SSSR count). The third-order valence-electron chi connectivity index (χ3n) is 3.49. The van der Waals surface area contributed by atoms with Crippen LogP contribution in [0.15, 0.2) is 57.9 Å². The summed E-state index contributed by atoms with van der Waals surface area (Å²) in [6, 6.07) is 14.4. The van der Waals surface area contributed by atoms with Gasteiger partial charge in [-0.05, 0) is 31.5 Å². The van der Waals surface area contributed by atoms with Crippen LogP contribution in [0, 0.1) is 13.8 Å². The Morgan fingerprint density at radius 2 is 1.79 bits per heavy atom. The number of hydrogen-bond acceptors (Lipinski definition) is 5. The fraction of sp³-hybridized carbons (Fsp3) is 0.176. The van der Waals surface area contributed by atoms with Crippen molar-refractivity contribution in [2.24, 2.45) is 0 Å². The van der Waals surface area contributed by atoms with E-state index in [9.17, 15) is 8.42 Å². The van der Waals surface area contributed by atoms with Crippen LogP contribution in [0.1, 0.15) is 17.0 Å². The molecule has 1 heterocycles. The third kappa shape index (κ3) is 3.69. The molecule has 2 aromatic carbocycles. The monoisotopic (exact) mass is 343 g/mol. The summed E-state index contributed by atoms with van der Waals surface area (Å²) < 4.78 is 32.1. The van der Waals surface area contributed by atoms with Crippen LogP contribution >= 0.6 is 0 Å². The van der Waals surface area contributed by atoms with Gasteiger partial charge in [-0.2, -0.15) is 4.98 Å². The maximum Gasteiger partial charge on any atom is 0.242 e. The summed E-state index contributed by atoms with van der Waals surface area (Å²) in [5.74, 6) is 0.640. The first-order valence-electron chi connectivity index (χ1n) is 7.40. The zero-order valence-electron chi connectivity index (χ0n) is 13.4. The van der Waals surface area contributed by atoms with E-state index in [1.54, 1.807) is 18.2 Å². The van der Waals surface area contributed by atoms with E-state index in [1.807, 2.05) is 44.2 Å². The number of benzene rings is 2. The van der Waals surface area contributed by atoms with Crippen LogP contribution in [0.5, 0.6) is 0 Å². The minimum Gasteiger partial charge on any atom is -0.338 e. The van der Waals surface area contributed by atoms with Crippen molar-refractivity contribution in [3.8, 4) is 11.4 Å². The molecule has 6 nitrogen and oxygen atoms in total. The van der Waals surface area contributed by atoms with E-state index in [0.717, 1.165) is 16.7 Å². The molecule has 0 aliphatic heterocycles. The van der Waals surface area contributed by atoms with Crippen LogP contribution in [-0.2, 0) is 16.6 Å². The lowest BCUT2D eigenvalue weighted by Gasteiger charge is -2.05. The number of hydrogen-bond donors (Lipinski definition) is 1. The summed E-state index contributed by atoms with van der Waals surface area (Å²) in [5, 5.41) is 3.88. The first-order chi connectivity index (χ1) is 11.4. The second-order valence-corrected chi connectivity index (χ2v) is 7.29. The van der Waals surface area contributed by atoms with Gasteiger partial charge in [-0.15, -0.1) is 0 Å². The Morgan fingerprint density at radius 3 is 2.50 bits per heavy atom. The molecule has 7 heteroatoms. The van der Waals surface area contributed by atoms with Crippen LogP contribution < -0.4 is 4.72 Å². The molecule has 0 saturated carbocycles. The molecule has 0 aliphatic rings. The van der Waals surface area contributed by atoms with Gasteiger partial charge in [0.2, 0.25) is 21.7 Å². The van der Waals surface area contributed by atoms with E-state index in [1.165, 1.54) is 0 Å². The molecule has 1 aromatic heterocycles. The standard InChI is InChI=1S/C17H17N3O3S/c1-12-6-8-14(9-7-12)17-19-16(23-20-17)11-18-24(21,22)15-5-3-4-13(2)10-15/h3-10,18H,11H2,1-2H3. The van der Waals surface area contributed by atoms with Crippen molar-refractivity contribution in [2.75, 3.05) is 0 Å². The Kier molecular flexibility index (Phi) is 4.46.